The fourth-order valence-corrected chi connectivity index (χ4v) is 3.08. The van der Waals surface area contributed by atoms with Crippen LogP contribution in [0.3, 0.4) is 0 Å². The molecule has 1 amide bonds. The summed E-state index contributed by atoms with van der Waals surface area (Å²) in [6, 6.07) is 6.67. The molecule has 0 unspecified atom stereocenters. The zero-order valence-electron chi connectivity index (χ0n) is 12.5. The Balaban J connectivity index is 0.00000242. The van der Waals surface area contributed by atoms with E-state index in [0.717, 1.165) is 19.1 Å². The molecule has 6 nitrogen and oxygen atoms in total. The molecule has 0 radical (unpaired) electrons. The van der Waals surface area contributed by atoms with Gasteiger partial charge in [0.2, 0.25) is 10.0 Å². The summed E-state index contributed by atoms with van der Waals surface area (Å²) in [5, 5.41) is 0. The van der Waals surface area contributed by atoms with Crippen LogP contribution < -0.4 is 10.5 Å². The number of amides is 1. The van der Waals surface area contributed by atoms with Gasteiger partial charge in [0.1, 0.15) is 0 Å². The van der Waals surface area contributed by atoms with Crippen molar-refractivity contribution in [1.82, 2.24) is 4.90 Å². The van der Waals surface area contributed by atoms with Crippen LogP contribution in [-0.4, -0.2) is 45.1 Å². The number of halogens is 1. The van der Waals surface area contributed by atoms with Crippen LogP contribution in [0.4, 0.5) is 5.69 Å². The number of rotatable bonds is 4. The van der Waals surface area contributed by atoms with Crippen LogP contribution >= 0.6 is 12.4 Å². The zero-order chi connectivity index (χ0) is 15.5. The fourth-order valence-electron chi connectivity index (χ4n) is 2.50. The van der Waals surface area contributed by atoms with Crippen LogP contribution in [0.2, 0.25) is 0 Å². The molecular weight excluding hydrogens is 326 g/mol. The Labute approximate surface area is 137 Å². The Morgan fingerprint density at radius 1 is 1.32 bits per heavy atom. The average molecular weight is 348 g/mol. The third-order valence-corrected chi connectivity index (χ3v) is 4.28. The number of carbonyl (C=O) groups excluding carboxylic acids is 1. The SMILES string of the molecule is CS(=O)(=O)Nc1ccccc1C(=O)N1CCC(CN)CC1.Cl. The number of carbonyl (C=O) groups is 1. The van der Waals surface area contributed by atoms with E-state index in [1.165, 1.54) is 0 Å². The number of hydrogen-bond donors (Lipinski definition) is 2. The Morgan fingerprint density at radius 3 is 2.45 bits per heavy atom. The lowest BCUT2D eigenvalue weighted by atomic mass is 9.96. The summed E-state index contributed by atoms with van der Waals surface area (Å²) in [6.45, 7) is 1.97. The molecule has 1 aromatic rings. The predicted octanol–water partition coefficient (Wildman–Crippen LogP) is 1.29. The van der Waals surface area contributed by atoms with E-state index in [9.17, 15) is 13.2 Å². The molecule has 3 N–H and O–H groups in total. The maximum Gasteiger partial charge on any atom is 0.255 e. The monoisotopic (exact) mass is 347 g/mol. The second-order valence-corrected chi connectivity index (χ2v) is 7.14. The van der Waals surface area contributed by atoms with E-state index < -0.39 is 10.0 Å². The number of sulfonamides is 1. The number of nitrogens with zero attached hydrogens (tertiary/aromatic N) is 1. The zero-order valence-corrected chi connectivity index (χ0v) is 14.1. The van der Waals surface area contributed by atoms with Crippen molar-refractivity contribution in [3.8, 4) is 0 Å². The molecule has 1 heterocycles. The van der Waals surface area contributed by atoms with Gasteiger partial charge in [-0.2, -0.15) is 0 Å². The molecule has 22 heavy (non-hydrogen) atoms. The van der Waals surface area contributed by atoms with E-state index in [1.807, 2.05) is 0 Å². The van der Waals surface area contributed by atoms with Gasteiger partial charge in [0.25, 0.3) is 5.91 Å². The lowest BCUT2D eigenvalue weighted by molar-refractivity contribution is 0.0694. The minimum absolute atomic E-state index is 0. The average Bonchev–Trinajstić information content (AvgIpc) is 2.45. The number of anilines is 1. The molecule has 1 aliphatic rings. The highest BCUT2D eigenvalue weighted by Gasteiger charge is 2.24. The first-order valence-electron chi connectivity index (χ1n) is 6.97. The van der Waals surface area contributed by atoms with Gasteiger partial charge in [-0.15, -0.1) is 12.4 Å². The summed E-state index contributed by atoms with van der Waals surface area (Å²) in [7, 11) is -3.41. The van der Waals surface area contributed by atoms with Gasteiger partial charge < -0.3 is 10.6 Å². The Kier molecular flexibility index (Phi) is 6.65. The van der Waals surface area contributed by atoms with Crippen molar-refractivity contribution in [2.75, 3.05) is 30.6 Å². The topological polar surface area (TPSA) is 92.5 Å². The number of para-hydroxylation sites is 1. The molecule has 1 saturated heterocycles. The molecule has 2 rings (SSSR count). The quantitative estimate of drug-likeness (QED) is 0.858. The molecule has 124 valence electrons. The predicted molar refractivity (Wildman–Crippen MR) is 89.8 cm³/mol. The highest BCUT2D eigenvalue weighted by molar-refractivity contribution is 7.92. The molecule has 0 spiro atoms. The maximum atomic E-state index is 12.6. The van der Waals surface area contributed by atoms with Crippen molar-refractivity contribution in [1.29, 1.82) is 0 Å². The molecule has 0 saturated carbocycles. The molecule has 0 aromatic heterocycles. The van der Waals surface area contributed by atoms with Crippen molar-refractivity contribution in [3.05, 3.63) is 29.8 Å². The normalized spacial score (nSPS) is 16.0. The molecular formula is C14H22ClN3O3S. The summed E-state index contributed by atoms with van der Waals surface area (Å²) in [5.74, 6) is 0.329. The molecule has 0 aliphatic carbocycles. The van der Waals surface area contributed by atoms with Gasteiger partial charge in [-0.25, -0.2) is 8.42 Å². The van der Waals surface area contributed by atoms with Crippen molar-refractivity contribution in [2.45, 2.75) is 12.8 Å². The van der Waals surface area contributed by atoms with Crippen molar-refractivity contribution >= 4 is 34.0 Å². The van der Waals surface area contributed by atoms with Crippen LogP contribution in [0.5, 0.6) is 0 Å². The van der Waals surface area contributed by atoms with Gasteiger partial charge in [-0.05, 0) is 37.4 Å². The summed E-state index contributed by atoms with van der Waals surface area (Å²) in [4.78, 5) is 14.3. The fraction of sp³-hybridized carbons (Fsp3) is 0.500. The van der Waals surface area contributed by atoms with Crippen LogP contribution in [0.25, 0.3) is 0 Å². The number of hydrogen-bond acceptors (Lipinski definition) is 4. The van der Waals surface area contributed by atoms with E-state index in [4.69, 9.17) is 5.73 Å². The van der Waals surface area contributed by atoms with Gasteiger partial charge in [-0.3, -0.25) is 9.52 Å². The molecule has 1 fully saturated rings. The van der Waals surface area contributed by atoms with Gasteiger partial charge in [0.05, 0.1) is 17.5 Å². The lowest BCUT2D eigenvalue weighted by Gasteiger charge is -2.31. The summed E-state index contributed by atoms with van der Waals surface area (Å²) >= 11 is 0. The van der Waals surface area contributed by atoms with E-state index in [1.54, 1.807) is 29.2 Å². The summed E-state index contributed by atoms with van der Waals surface area (Å²) < 4.78 is 25.2. The third-order valence-electron chi connectivity index (χ3n) is 3.69. The van der Waals surface area contributed by atoms with E-state index in [2.05, 4.69) is 4.72 Å². The summed E-state index contributed by atoms with van der Waals surface area (Å²) in [5.41, 5.74) is 6.36. The smallest absolute Gasteiger partial charge is 0.255 e. The number of benzene rings is 1. The van der Waals surface area contributed by atoms with Gasteiger partial charge >= 0.3 is 0 Å². The first kappa shape index (κ1) is 18.7. The standard InChI is InChI=1S/C14H21N3O3S.ClH/c1-21(19,20)16-13-5-3-2-4-12(13)14(18)17-8-6-11(10-15)7-9-17;/h2-5,11,16H,6-10,15H2,1H3;1H. The number of nitrogens with two attached hydrogens (primary N) is 1. The minimum Gasteiger partial charge on any atom is -0.339 e. The highest BCUT2D eigenvalue weighted by atomic mass is 35.5. The van der Waals surface area contributed by atoms with Crippen LogP contribution in [0, 0.1) is 5.92 Å². The number of nitrogens with one attached hydrogen (secondary N) is 1. The number of piperidine rings is 1. The van der Waals surface area contributed by atoms with Crippen LogP contribution in [-0.2, 0) is 10.0 Å². The molecule has 1 aromatic carbocycles. The van der Waals surface area contributed by atoms with Crippen LogP contribution in [0.1, 0.15) is 23.2 Å². The second kappa shape index (κ2) is 7.80. The van der Waals surface area contributed by atoms with Crippen molar-refractivity contribution in [3.63, 3.8) is 0 Å². The molecule has 1 aliphatic heterocycles. The minimum atomic E-state index is -3.41. The highest BCUT2D eigenvalue weighted by Crippen LogP contribution is 2.22. The van der Waals surface area contributed by atoms with Crippen molar-refractivity contribution < 1.29 is 13.2 Å². The molecule has 8 heteroatoms. The van der Waals surface area contributed by atoms with Gasteiger partial charge in [0.15, 0.2) is 0 Å². The first-order chi connectivity index (χ1) is 9.90. The van der Waals surface area contributed by atoms with Gasteiger partial charge in [0, 0.05) is 13.1 Å². The summed E-state index contributed by atoms with van der Waals surface area (Å²) in [6.07, 6.45) is 2.86. The first-order valence-corrected chi connectivity index (χ1v) is 8.86. The van der Waals surface area contributed by atoms with Crippen LogP contribution in [0.15, 0.2) is 24.3 Å². The van der Waals surface area contributed by atoms with E-state index >= 15 is 0 Å². The Morgan fingerprint density at radius 2 is 1.91 bits per heavy atom. The Bertz CT molecular complexity index is 614. The third kappa shape index (κ3) is 4.86. The van der Waals surface area contributed by atoms with E-state index in [-0.39, 0.29) is 18.3 Å². The molecule has 0 atom stereocenters. The van der Waals surface area contributed by atoms with Gasteiger partial charge in [-0.1, -0.05) is 12.1 Å². The Hall–Kier alpha value is -1.31. The maximum absolute atomic E-state index is 12.6. The largest absolute Gasteiger partial charge is 0.339 e. The number of likely N-dealkylation sites (tertiary alicyclic amines) is 1. The molecule has 0 bridgehead atoms. The van der Waals surface area contributed by atoms with E-state index in [0.29, 0.717) is 36.8 Å². The second-order valence-electron chi connectivity index (χ2n) is 5.39. The lowest BCUT2D eigenvalue weighted by Crippen LogP contribution is -2.40. The van der Waals surface area contributed by atoms with Crippen molar-refractivity contribution in [2.24, 2.45) is 11.7 Å².